The van der Waals surface area contributed by atoms with E-state index in [1.807, 2.05) is 0 Å². The highest BCUT2D eigenvalue weighted by molar-refractivity contribution is 5.97. The Hall–Kier alpha value is -1.52. The number of amides is 1. The van der Waals surface area contributed by atoms with Crippen LogP contribution in [0, 0.1) is 12.8 Å². The van der Waals surface area contributed by atoms with Crippen LogP contribution < -0.4 is 11.1 Å². The van der Waals surface area contributed by atoms with Crippen LogP contribution in [-0.2, 0) is 0 Å². The van der Waals surface area contributed by atoms with Crippen molar-refractivity contribution in [3.8, 4) is 0 Å². The molecule has 0 aromatic carbocycles. The predicted molar refractivity (Wildman–Crippen MR) is 52.8 cm³/mol. The molecule has 4 N–H and O–H groups in total. The van der Waals surface area contributed by atoms with E-state index in [4.69, 9.17) is 5.73 Å². The van der Waals surface area contributed by atoms with Crippen LogP contribution in [0.1, 0.15) is 29.5 Å². The molecule has 0 spiro atoms. The number of rotatable bonds is 2. The number of aryl methyl sites for hydroxylation is 1. The lowest BCUT2D eigenvalue weighted by Gasteiger charge is -2.00. The van der Waals surface area contributed by atoms with Gasteiger partial charge >= 0.3 is 0 Å². The van der Waals surface area contributed by atoms with Gasteiger partial charge in [0.05, 0.1) is 11.4 Å². The van der Waals surface area contributed by atoms with Gasteiger partial charge in [-0.25, -0.2) is 0 Å². The van der Waals surface area contributed by atoms with Crippen LogP contribution in [0.3, 0.4) is 0 Å². The van der Waals surface area contributed by atoms with Crippen molar-refractivity contribution in [1.29, 1.82) is 0 Å². The number of nitrogens with zero attached hydrogens (tertiary/aromatic N) is 1. The molecule has 1 aromatic rings. The van der Waals surface area contributed by atoms with Crippen LogP contribution in [0.4, 0.5) is 5.69 Å². The van der Waals surface area contributed by atoms with Crippen molar-refractivity contribution in [3.63, 3.8) is 0 Å². The van der Waals surface area contributed by atoms with Crippen LogP contribution in [0.5, 0.6) is 0 Å². The second kappa shape index (κ2) is 3.01. The number of aromatic amines is 1. The summed E-state index contributed by atoms with van der Waals surface area (Å²) in [7, 11) is 0. The maximum Gasteiger partial charge on any atom is 0.274 e. The van der Waals surface area contributed by atoms with Gasteiger partial charge in [0.15, 0.2) is 5.69 Å². The molecule has 5 heteroatoms. The third kappa shape index (κ3) is 1.45. The molecule has 76 valence electrons. The van der Waals surface area contributed by atoms with Crippen LogP contribution in [-0.4, -0.2) is 22.1 Å². The molecule has 1 aromatic heterocycles. The Kier molecular flexibility index (Phi) is 1.94. The average Bonchev–Trinajstić information content (AvgIpc) is 2.70. The topological polar surface area (TPSA) is 83.8 Å². The zero-order valence-electron chi connectivity index (χ0n) is 8.29. The molecule has 1 aliphatic carbocycles. The number of nitrogens with two attached hydrogens (primary N) is 1. The number of hydrogen-bond donors (Lipinski definition) is 3. The first kappa shape index (κ1) is 9.05. The fourth-order valence-electron chi connectivity index (χ4n) is 1.37. The minimum Gasteiger partial charge on any atom is -0.395 e. The molecule has 5 nitrogen and oxygen atoms in total. The molecular weight excluding hydrogens is 180 g/mol. The van der Waals surface area contributed by atoms with E-state index in [2.05, 4.69) is 22.4 Å². The Balaban J connectivity index is 2.07. The zero-order chi connectivity index (χ0) is 10.3. The molecule has 0 saturated heterocycles. The Labute approximate surface area is 82.1 Å². The molecule has 1 aliphatic rings. The molecule has 1 heterocycles. The summed E-state index contributed by atoms with van der Waals surface area (Å²) in [6, 6.07) is 0.305. The number of hydrogen-bond acceptors (Lipinski definition) is 3. The zero-order valence-corrected chi connectivity index (χ0v) is 8.29. The molecule has 2 atom stereocenters. The van der Waals surface area contributed by atoms with Gasteiger partial charge in [-0.3, -0.25) is 9.89 Å². The lowest BCUT2D eigenvalue weighted by Crippen LogP contribution is -2.27. The van der Waals surface area contributed by atoms with Gasteiger partial charge in [-0.2, -0.15) is 5.10 Å². The molecule has 1 saturated carbocycles. The van der Waals surface area contributed by atoms with Gasteiger partial charge in [0.25, 0.3) is 5.91 Å². The first-order chi connectivity index (χ1) is 6.59. The number of H-pyrrole nitrogens is 1. The highest BCUT2D eigenvalue weighted by Crippen LogP contribution is 2.29. The number of carbonyl (C=O) groups is 1. The highest BCUT2D eigenvalue weighted by atomic mass is 16.2. The van der Waals surface area contributed by atoms with Crippen LogP contribution in [0.2, 0.25) is 0 Å². The standard InChI is InChI=1S/C9H14N4O/c1-4-3-6(4)11-9(14)8-7(10)5(2)12-13-8/h4,6H,3,10H2,1-2H3,(H,11,14)(H,12,13). The van der Waals surface area contributed by atoms with Crippen LogP contribution in [0.15, 0.2) is 0 Å². The van der Waals surface area contributed by atoms with Gasteiger partial charge in [-0.1, -0.05) is 6.92 Å². The van der Waals surface area contributed by atoms with Crippen molar-refractivity contribution in [2.24, 2.45) is 5.92 Å². The molecule has 0 bridgehead atoms. The average molecular weight is 194 g/mol. The van der Waals surface area contributed by atoms with E-state index in [1.165, 1.54) is 0 Å². The molecule has 1 fully saturated rings. The summed E-state index contributed by atoms with van der Waals surface area (Å²) in [5, 5.41) is 9.42. The molecule has 0 aliphatic heterocycles. The second-order valence-corrected chi connectivity index (χ2v) is 3.90. The molecular formula is C9H14N4O. The predicted octanol–water partition coefficient (Wildman–Crippen LogP) is 0.439. The third-order valence-electron chi connectivity index (χ3n) is 2.64. The van der Waals surface area contributed by atoms with Gasteiger partial charge in [-0.05, 0) is 19.3 Å². The van der Waals surface area contributed by atoms with Gasteiger partial charge in [0, 0.05) is 6.04 Å². The van der Waals surface area contributed by atoms with E-state index in [9.17, 15) is 4.79 Å². The van der Waals surface area contributed by atoms with Gasteiger partial charge in [-0.15, -0.1) is 0 Å². The van der Waals surface area contributed by atoms with Crippen molar-refractivity contribution >= 4 is 11.6 Å². The monoisotopic (exact) mass is 194 g/mol. The number of carbonyl (C=O) groups excluding carboxylic acids is 1. The van der Waals surface area contributed by atoms with E-state index in [0.29, 0.717) is 23.3 Å². The van der Waals surface area contributed by atoms with Gasteiger partial charge in [0.1, 0.15) is 0 Å². The summed E-state index contributed by atoms with van der Waals surface area (Å²) >= 11 is 0. The first-order valence-electron chi connectivity index (χ1n) is 4.71. The van der Waals surface area contributed by atoms with Crippen molar-refractivity contribution in [2.75, 3.05) is 5.73 Å². The van der Waals surface area contributed by atoms with Crippen LogP contribution >= 0.6 is 0 Å². The minimum absolute atomic E-state index is 0.179. The Morgan fingerprint density at radius 2 is 2.36 bits per heavy atom. The SMILES string of the molecule is Cc1[nH]nc(C(=O)NC2CC2C)c1N. The lowest BCUT2D eigenvalue weighted by molar-refractivity contribution is 0.0945. The van der Waals surface area contributed by atoms with Crippen molar-refractivity contribution < 1.29 is 4.79 Å². The fourth-order valence-corrected chi connectivity index (χ4v) is 1.37. The largest absolute Gasteiger partial charge is 0.395 e. The summed E-state index contributed by atoms with van der Waals surface area (Å²) in [6.45, 7) is 3.89. The molecule has 0 radical (unpaired) electrons. The Morgan fingerprint density at radius 3 is 2.79 bits per heavy atom. The molecule has 2 rings (SSSR count). The quantitative estimate of drug-likeness (QED) is 0.638. The van der Waals surface area contributed by atoms with Crippen LogP contribution in [0.25, 0.3) is 0 Å². The third-order valence-corrected chi connectivity index (χ3v) is 2.64. The summed E-state index contributed by atoms with van der Waals surface area (Å²) < 4.78 is 0. The second-order valence-electron chi connectivity index (χ2n) is 3.90. The number of anilines is 1. The lowest BCUT2D eigenvalue weighted by atomic mass is 10.3. The van der Waals surface area contributed by atoms with Crippen molar-refractivity contribution in [1.82, 2.24) is 15.5 Å². The summed E-state index contributed by atoms with van der Waals surface area (Å²) in [6.07, 6.45) is 1.05. The first-order valence-corrected chi connectivity index (χ1v) is 4.71. The summed E-state index contributed by atoms with van der Waals surface area (Å²) in [4.78, 5) is 11.6. The van der Waals surface area contributed by atoms with E-state index >= 15 is 0 Å². The van der Waals surface area contributed by atoms with E-state index in [0.717, 1.165) is 12.1 Å². The van der Waals surface area contributed by atoms with E-state index < -0.39 is 0 Å². The Bertz CT molecular complexity index is 371. The minimum atomic E-state index is -0.179. The summed E-state index contributed by atoms with van der Waals surface area (Å²) in [5.74, 6) is 0.404. The van der Waals surface area contributed by atoms with Gasteiger partial charge < -0.3 is 11.1 Å². The smallest absolute Gasteiger partial charge is 0.274 e. The van der Waals surface area contributed by atoms with E-state index in [-0.39, 0.29) is 5.91 Å². The number of aromatic nitrogens is 2. The van der Waals surface area contributed by atoms with Crippen molar-refractivity contribution in [2.45, 2.75) is 26.3 Å². The molecule has 1 amide bonds. The summed E-state index contributed by atoms with van der Waals surface area (Å²) in [5.41, 5.74) is 7.16. The number of nitrogens with one attached hydrogen (secondary N) is 2. The van der Waals surface area contributed by atoms with E-state index in [1.54, 1.807) is 6.92 Å². The fraction of sp³-hybridized carbons (Fsp3) is 0.556. The normalized spacial score (nSPS) is 24.7. The number of nitrogen functional groups attached to an aromatic ring is 1. The highest BCUT2D eigenvalue weighted by Gasteiger charge is 2.34. The maximum absolute atomic E-state index is 11.6. The molecule has 2 unspecified atom stereocenters. The van der Waals surface area contributed by atoms with Gasteiger partial charge in [0.2, 0.25) is 0 Å². The Morgan fingerprint density at radius 1 is 1.71 bits per heavy atom. The maximum atomic E-state index is 11.6. The molecule has 14 heavy (non-hydrogen) atoms. The van der Waals surface area contributed by atoms with Crippen molar-refractivity contribution in [3.05, 3.63) is 11.4 Å².